The average molecular weight is 260 g/mol. The fourth-order valence-corrected chi connectivity index (χ4v) is 0.903. The van der Waals surface area contributed by atoms with Crippen LogP contribution in [0.15, 0.2) is 0 Å². The van der Waals surface area contributed by atoms with E-state index in [4.69, 9.17) is 25.4 Å². The first-order valence-electron chi connectivity index (χ1n) is 5.62. The van der Waals surface area contributed by atoms with Crippen molar-refractivity contribution < 1.29 is 28.5 Å². The maximum absolute atomic E-state index is 10.7. The van der Waals surface area contributed by atoms with E-state index in [0.29, 0.717) is 46.2 Å². The van der Waals surface area contributed by atoms with Crippen molar-refractivity contribution in [2.45, 2.75) is 0 Å². The Morgan fingerprint density at radius 2 is 1.44 bits per heavy atom. The van der Waals surface area contributed by atoms with Crippen LogP contribution in [0.25, 0.3) is 0 Å². The molecule has 0 aromatic rings. The van der Waals surface area contributed by atoms with E-state index < -0.39 is 5.97 Å². The number of esters is 1. The zero-order valence-electron chi connectivity index (χ0n) is 10.7. The number of ether oxygens (including phenoxy) is 5. The van der Waals surface area contributed by atoms with Crippen molar-refractivity contribution >= 4 is 5.97 Å². The van der Waals surface area contributed by atoms with Crippen molar-refractivity contribution in [2.75, 3.05) is 60.0 Å². The summed E-state index contributed by atoms with van der Waals surface area (Å²) in [5.41, 5.74) is 0. The van der Waals surface area contributed by atoms with Crippen LogP contribution < -0.4 is 0 Å². The van der Waals surface area contributed by atoms with E-state index >= 15 is 0 Å². The van der Waals surface area contributed by atoms with E-state index in [9.17, 15) is 4.79 Å². The van der Waals surface area contributed by atoms with Gasteiger partial charge in [-0.1, -0.05) is 5.92 Å². The molecule has 6 nitrogen and oxygen atoms in total. The lowest BCUT2D eigenvalue weighted by Gasteiger charge is -2.06. The minimum absolute atomic E-state index is 0.0527. The molecule has 0 atom stereocenters. The highest BCUT2D eigenvalue weighted by Gasteiger charge is 1.98. The molecule has 0 aromatic heterocycles. The molecule has 0 amide bonds. The lowest BCUT2D eigenvalue weighted by atomic mass is 10.7. The molecule has 6 heteroatoms. The van der Waals surface area contributed by atoms with Crippen molar-refractivity contribution in [3.63, 3.8) is 0 Å². The second kappa shape index (κ2) is 13.9. The average Bonchev–Trinajstić information content (AvgIpc) is 2.39. The molecule has 0 aliphatic heterocycles. The van der Waals surface area contributed by atoms with E-state index in [0.717, 1.165) is 0 Å². The second-order valence-corrected chi connectivity index (χ2v) is 3.11. The van der Waals surface area contributed by atoms with Gasteiger partial charge in [-0.25, -0.2) is 4.79 Å². The summed E-state index contributed by atoms with van der Waals surface area (Å²) in [5.74, 6) is 1.96. The van der Waals surface area contributed by atoms with Crippen molar-refractivity contribution in [3.05, 3.63) is 0 Å². The first-order valence-corrected chi connectivity index (χ1v) is 5.62. The first kappa shape index (κ1) is 16.9. The SMILES string of the molecule is C#CCOCCOCCOCCOCC(=O)OC. The molecule has 0 spiro atoms. The minimum Gasteiger partial charge on any atom is -0.467 e. The third-order valence-corrected chi connectivity index (χ3v) is 1.75. The lowest BCUT2D eigenvalue weighted by Crippen LogP contribution is -2.15. The maximum atomic E-state index is 10.7. The Bertz CT molecular complexity index is 235. The zero-order valence-corrected chi connectivity index (χ0v) is 10.7. The summed E-state index contributed by atoms with van der Waals surface area (Å²) in [6, 6.07) is 0. The summed E-state index contributed by atoms with van der Waals surface area (Å²) >= 11 is 0. The summed E-state index contributed by atoms with van der Waals surface area (Å²) in [5, 5.41) is 0. The number of hydrogen-bond donors (Lipinski definition) is 0. The third kappa shape index (κ3) is 12.9. The molecule has 0 saturated heterocycles. The van der Waals surface area contributed by atoms with Crippen molar-refractivity contribution in [1.29, 1.82) is 0 Å². The summed E-state index contributed by atoms with van der Waals surface area (Å²) in [7, 11) is 1.31. The predicted molar refractivity (Wildman–Crippen MR) is 64.1 cm³/mol. The number of rotatable bonds is 12. The van der Waals surface area contributed by atoms with Gasteiger partial charge in [0.25, 0.3) is 0 Å². The van der Waals surface area contributed by atoms with Crippen LogP contribution in [0.5, 0.6) is 0 Å². The smallest absolute Gasteiger partial charge is 0.331 e. The van der Waals surface area contributed by atoms with Crippen molar-refractivity contribution in [1.82, 2.24) is 0 Å². The van der Waals surface area contributed by atoms with Crippen molar-refractivity contribution in [2.24, 2.45) is 0 Å². The number of carbonyl (C=O) groups excluding carboxylic acids is 1. The topological polar surface area (TPSA) is 63.2 Å². The molecule has 0 aromatic carbocycles. The largest absolute Gasteiger partial charge is 0.467 e. The van der Waals surface area contributed by atoms with Crippen LogP contribution in [0.2, 0.25) is 0 Å². The number of terminal acetylenes is 1. The molecule has 18 heavy (non-hydrogen) atoms. The third-order valence-electron chi connectivity index (χ3n) is 1.75. The fourth-order valence-electron chi connectivity index (χ4n) is 0.903. The molecule has 0 heterocycles. The van der Waals surface area contributed by atoms with E-state index in [1.807, 2.05) is 0 Å². The van der Waals surface area contributed by atoms with Gasteiger partial charge in [0.05, 0.1) is 46.8 Å². The highest BCUT2D eigenvalue weighted by Crippen LogP contribution is 1.83. The highest BCUT2D eigenvalue weighted by molar-refractivity contribution is 5.70. The van der Waals surface area contributed by atoms with Gasteiger partial charge in [0.1, 0.15) is 13.2 Å². The zero-order chi connectivity index (χ0) is 13.5. The molecule has 0 aliphatic rings. The van der Waals surface area contributed by atoms with Gasteiger partial charge in [-0.05, 0) is 0 Å². The van der Waals surface area contributed by atoms with Gasteiger partial charge < -0.3 is 23.7 Å². The molecule has 0 saturated carbocycles. The maximum Gasteiger partial charge on any atom is 0.331 e. The first-order chi connectivity index (χ1) is 8.81. The standard InChI is InChI=1S/C12H20O6/c1-3-4-15-5-6-16-7-8-17-9-10-18-11-12(13)14-2/h1H,4-11H2,2H3. The second-order valence-electron chi connectivity index (χ2n) is 3.11. The van der Waals surface area contributed by atoms with Gasteiger partial charge in [-0.3, -0.25) is 0 Å². The van der Waals surface area contributed by atoms with E-state index in [2.05, 4.69) is 10.7 Å². The molecule has 0 unspecified atom stereocenters. The Morgan fingerprint density at radius 3 is 1.94 bits per heavy atom. The number of hydrogen-bond acceptors (Lipinski definition) is 6. The Hall–Kier alpha value is -1.13. The number of methoxy groups -OCH3 is 1. The molecule has 0 bridgehead atoms. The molecule has 0 aliphatic carbocycles. The molecule has 0 rings (SSSR count). The quantitative estimate of drug-likeness (QED) is 0.276. The summed E-state index contributed by atoms with van der Waals surface area (Å²) in [6.07, 6.45) is 5.00. The van der Waals surface area contributed by atoms with Gasteiger partial charge in [0, 0.05) is 0 Å². The van der Waals surface area contributed by atoms with Crippen LogP contribution in [-0.4, -0.2) is 65.9 Å². The van der Waals surface area contributed by atoms with Gasteiger partial charge in [0.15, 0.2) is 0 Å². The Kier molecular flexibility index (Phi) is 13.1. The van der Waals surface area contributed by atoms with Gasteiger partial charge >= 0.3 is 5.97 Å². The minimum atomic E-state index is -0.398. The normalized spacial score (nSPS) is 10.0. The molecule has 0 N–H and O–H groups in total. The molecular weight excluding hydrogens is 240 g/mol. The van der Waals surface area contributed by atoms with Crippen LogP contribution >= 0.6 is 0 Å². The summed E-state index contributed by atoms with van der Waals surface area (Å²) in [4.78, 5) is 10.7. The lowest BCUT2D eigenvalue weighted by molar-refractivity contribution is -0.146. The highest BCUT2D eigenvalue weighted by atomic mass is 16.6. The van der Waals surface area contributed by atoms with Crippen LogP contribution in [0.4, 0.5) is 0 Å². The van der Waals surface area contributed by atoms with Crippen LogP contribution in [0.3, 0.4) is 0 Å². The monoisotopic (exact) mass is 260 g/mol. The Morgan fingerprint density at radius 1 is 0.944 bits per heavy atom. The fraction of sp³-hybridized carbons (Fsp3) is 0.750. The summed E-state index contributed by atoms with van der Waals surface area (Å²) < 4.78 is 24.8. The van der Waals surface area contributed by atoms with E-state index in [-0.39, 0.29) is 6.61 Å². The van der Waals surface area contributed by atoms with Gasteiger partial charge in [-0.2, -0.15) is 0 Å². The molecule has 104 valence electrons. The summed E-state index contributed by atoms with van der Waals surface area (Å²) in [6.45, 7) is 2.93. The molecular formula is C12H20O6. The molecule has 0 fully saturated rings. The Labute approximate surface area is 107 Å². The van der Waals surface area contributed by atoms with Gasteiger partial charge in [0.2, 0.25) is 0 Å². The molecule has 0 radical (unpaired) electrons. The Balaban J connectivity index is 2.99. The van der Waals surface area contributed by atoms with Crippen LogP contribution in [0, 0.1) is 12.3 Å². The predicted octanol–water partition coefficient (Wildman–Crippen LogP) is -0.141. The van der Waals surface area contributed by atoms with E-state index in [1.54, 1.807) is 0 Å². The van der Waals surface area contributed by atoms with Gasteiger partial charge in [-0.15, -0.1) is 6.42 Å². The van der Waals surface area contributed by atoms with Crippen LogP contribution in [-0.2, 0) is 28.5 Å². The van der Waals surface area contributed by atoms with Crippen molar-refractivity contribution in [3.8, 4) is 12.3 Å². The van der Waals surface area contributed by atoms with E-state index in [1.165, 1.54) is 7.11 Å². The van der Waals surface area contributed by atoms with Crippen LogP contribution in [0.1, 0.15) is 0 Å². The number of carbonyl (C=O) groups is 1.